The summed E-state index contributed by atoms with van der Waals surface area (Å²) in [6.07, 6.45) is 6.63. The number of nitrogens with zero attached hydrogens (tertiary/aromatic N) is 1. The molecule has 1 saturated heterocycles. The van der Waals surface area contributed by atoms with Crippen LogP contribution in [0, 0.1) is 26.7 Å². The molecule has 0 unspecified atom stereocenters. The van der Waals surface area contributed by atoms with Crippen LogP contribution < -0.4 is 5.32 Å². The Bertz CT molecular complexity index is 837. The minimum atomic E-state index is -0.00473. The molecule has 0 atom stereocenters. The molecule has 0 radical (unpaired) electrons. The van der Waals surface area contributed by atoms with Crippen molar-refractivity contribution in [1.82, 2.24) is 10.2 Å². The molecule has 2 amide bonds. The van der Waals surface area contributed by atoms with Gasteiger partial charge >= 0.3 is 0 Å². The van der Waals surface area contributed by atoms with Crippen molar-refractivity contribution >= 4 is 17.9 Å². The molecule has 2 heterocycles. The third-order valence-electron chi connectivity index (χ3n) is 5.31. The summed E-state index contributed by atoms with van der Waals surface area (Å²) in [5.41, 5.74) is 3.98. The molecular weight excluding hydrogens is 352 g/mol. The van der Waals surface area contributed by atoms with Crippen LogP contribution in [0.3, 0.4) is 0 Å². The summed E-state index contributed by atoms with van der Waals surface area (Å²) in [7, 11) is 0. The average Bonchev–Trinajstić information content (AvgIpc) is 3.17. The molecule has 0 bridgehead atoms. The predicted molar refractivity (Wildman–Crippen MR) is 110 cm³/mol. The summed E-state index contributed by atoms with van der Waals surface area (Å²) in [5.74, 6) is 1.07. The molecule has 2 aromatic rings. The molecule has 1 fully saturated rings. The van der Waals surface area contributed by atoms with Gasteiger partial charge in [0, 0.05) is 31.3 Å². The van der Waals surface area contributed by atoms with Crippen molar-refractivity contribution in [3.05, 3.63) is 64.6 Å². The van der Waals surface area contributed by atoms with Crippen molar-refractivity contribution in [2.75, 3.05) is 19.6 Å². The summed E-state index contributed by atoms with van der Waals surface area (Å²) in [5, 5.41) is 3.09. The molecule has 1 aromatic heterocycles. The zero-order chi connectivity index (χ0) is 20.1. The number of carbonyl (C=O) groups excluding carboxylic acids is 2. The molecule has 1 N–H and O–H groups in total. The van der Waals surface area contributed by atoms with Crippen LogP contribution in [0.4, 0.5) is 0 Å². The van der Waals surface area contributed by atoms with E-state index < -0.39 is 0 Å². The number of nitrogens with one attached hydrogen (secondary N) is 1. The Labute approximate surface area is 166 Å². The second-order valence-electron chi connectivity index (χ2n) is 7.60. The number of furan rings is 1. The molecular formula is C23H28N2O3. The SMILES string of the molecule is Cc1cc(C)c(C(=O)NCC2CCN(C(=O)/C=C/c3ccco3)CC2)c(C)c1. The van der Waals surface area contributed by atoms with Crippen LogP contribution in [0.25, 0.3) is 6.08 Å². The largest absolute Gasteiger partial charge is 0.465 e. The summed E-state index contributed by atoms with van der Waals surface area (Å²) < 4.78 is 5.20. The molecule has 5 nitrogen and oxygen atoms in total. The van der Waals surface area contributed by atoms with Gasteiger partial charge in [0.2, 0.25) is 5.91 Å². The van der Waals surface area contributed by atoms with Crippen LogP contribution >= 0.6 is 0 Å². The lowest BCUT2D eigenvalue weighted by Gasteiger charge is -2.31. The summed E-state index contributed by atoms with van der Waals surface area (Å²) in [4.78, 5) is 26.8. The first-order valence-corrected chi connectivity index (χ1v) is 9.80. The molecule has 28 heavy (non-hydrogen) atoms. The first-order valence-electron chi connectivity index (χ1n) is 9.80. The molecule has 0 spiro atoms. The van der Waals surface area contributed by atoms with E-state index in [0.29, 0.717) is 31.3 Å². The maximum absolute atomic E-state index is 12.6. The molecule has 0 saturated carbocycles. The molecule has 0 aliphatic carbocycles. The zero-order valence-corrected chi connectivity index (χ0v) is 16.8. The minimum absolute atomic E-state index is 0.00444. The fraction of sp³-hybridized carbons (Fsp3) is 0.391. The van der Waals surface area contributed by atoms with Crippen molar-refractivity contribution in [2.45, 2.75) is 33.6 Å². The number of rotatable bonds is 5. The quantitative estimate of drug-likeness (QED) is 0.801. The minimum Gasteiger partial charge on any atom is -0.465 e. The van der Waals surface area contributed by atoms with Gasteiger partial charge in [0.25, 0.3) is 5.91 Å². The van der Waals surface area contributed by atoms with E-state index in [2.05, 4.69) is 5.32 Å². The first kappa shape index (κ1) is 19.9. The monoisotopic (exact) mass is 380 g/mol. The Morgan fingerprint density at radius 3 is 2.46 bits per heavy atom. The smallest absolute Gasteiger partial charge is 0.251 e. The van der Waals surface area contributed by atoms with Gasteiger partial charge in [-0.3, -0.25) is 9.59 Å². The second kappa shape index (κ2) is 8.91. The van der Waals surface area contributed by atoms with Crippen LogP contribution in [0.2, 0.25) is 0 Å². The van der Waals surface area contributed by atoms with Crippen LogP contribution in [-0.2, 0) is 4.79 Å². The third-order valence-corrected chi connectivity index (χ3v) is 5.31. The van der Waals surface area contributed by atoms with Gasteiger partial charge in [-0.25, -0.2) is 0 Å². The Morgan fingerprint density at radius 2 is 1.86 bits per heavy atom. The van der Waals surface area contributed by atoms with Crippen molar-refractivity contribution in [2.24, 2.45) is 5.92 Å². The van der Waals surface area contributed by atoms with Gasteiger partial charge in [0.05, 0.1) is 6.26 Å². The van der Waals surface area contributed by atoms with E-state index in [1.807, 2.05) is 43.9 Å². The topological polar surface area (TPSA) is 62.6 Å². The molecule has 1 aliphatic rings. The highest BCUT2D eigenvalue weighted by molar-refractivity contribution is 5.97. The van der Waals surface area contributed by atoms with E-state index in [1.165, 1.54) is 5.56 Å². The number of benzene rings is 1. The second-order valence-corrected chi connectivity index (χ2v) is 7.60. The molecule has 1 aromatic carbocycles. The summed E-state index contributed by atoms with van der Waals surface area (Å²) in [6.45, 7) is 8.08. The van der Waals surface area contributed by atoms with Crippen molar-refractivity contribution in [1.29, 1.82) is 0 Å². The number of hydrogen-bond donors (Lipinski definition) is 1. The maximum Gasteiger partial charge on any atom is 0.251 e. The van der Waals surface area contributed by atoms with Gasteiger partial charge in [-0.2, -0.15) is 0 Å². The molecule has 148 valence electrons. The lowest BCUT2D eigenvalue weighted by Crippen LogP contribution is -2.41. The van der Waals surface area contributed by atoms with Crippen molar-refractivity contribution in [3.63, 3.8) is 0 Å². The van der Waals surface area contributed by atoms with Gasteiger partial charge in [-0.1, -0.05) is 17.7 Å². The van der Waals surface area contributed by atoms with Crippen molar-refractivity contribution < 1.29 is 14.0 Å². The Balaban J connectivity index is 1.47. The number of aryl methyl sites for hydroxylation is 3. The third kappa shape index (κ3) is 4.91. The van der Waals surface area contributed by atoms with Gasteiger partial charge < -0.3 is 14.6 Å². The highest BCUT2D eigenvalue weighted by atomic mass is 16.3. The standard InChI is InChI=1S/C23H28N2O3/c1-16-13-17(2)22(18(3)14-16)23(27)24-15-19-8-10-25(11-9-19)21(26)7-6-20-5-4-12-28-20/h4-7,12-14,19H,8-11,15H2,1-3H3,(H,24,27)/b7-6+. The van der Waals surface area contributed by atoms with Crippen LogP contribution in [0.15, 0.2) is 41.0 Å². The highest BCUT2D eigenvalue weighted by Gasteiger charge is 2.22. The van der Waals surface area contributed by atoms with E-state index in [1.54, 1.807) is 24.5 Å². The van der Waals surface area contributed by atoms with Gasteiger partial charge in [-0.05, 0) is 68.9 Å². The van der Waals surface area contributed by atoms with E-state index >= 15 is 0 Å². The summed E-state index contributed by atoms with van der Waals surface area (Å²) in [6, 6.07) is 7.70. The molecule has 5 heteroatoms. The van der Waals surface area contributed by atoms with Crippen LogP contribution in [0.1, 0.15) is 45.7 Å². The van der Waals surface area contributed by atoms with Gasteiger partial charge in [0.1, 0.15) is 5.76 Å². The van der Waals surface area contributed by atoms with Crippen LogP contribution in [-0.4, -0.2) is 36.3 Å². The average molecular weight is 380 g/mol. The fourth-order valence-corrected chi connectivity index (χ4v) is 3.87. The van der Waals surface area contributed by atoms with E-state index in [9.17, 15) is 9.59 Å². The predicted octanol–water partition coefficient (Wildman–Crippen LogP) is 3.89. The number of likely N-dealkylation sites (tertiary alicyclic amines) is 1. The molecule has 3 rings (SSSR count). The zero-order valence-electron chi connectivity index (χ0n) is 16.8. The van der Waals surface area contributed by atoms with E-state index in [-0.39, 0.29) is 11.8 Å². The number of carbonyl (C=O) groups is 2. The first-order chi connectivity index (χ1) is 13.4. The lowest BCUT2D eigenvalue weighted by molar-refractivity contribution is -0.127. The number of piperidine rings is 1. The van der Waals surface area contributed by atoms with Gasteiger partial charge in [-0.15, -0.1) is 0 Å². The fourth-order valence-electron chi connectivity index (χ4n) is 3.87. The molecule has 1 aliphatic heterocycles. The van der Waals surface area contributed by atoms with Crippen LogP contribution in [0.5, 0.6) is 0 Å². The number of hydrogen-bond acceptors (Lipinski definition) is 3. The normalized spacial score (nSPS) is 15.2. The Kier molecular flexibility index (Phi) is 6.34. The van der Waals surface area contributed by atoms with Crippen molar-refractivity contribution in [3.8, 4) is 0 Å². The maximum atomic E-state index is 12.6. The number of amides is 2. The Hall–Kier alpha value is -2.82. The highest BCUT2D eigenvalue weighted by Crippen LogP contribution is 2.19. The summed E-state index contributed by atoms with van der Waals surface area (Å²) >= 11 is 0. The van der Waals surface area contributed by atoms with Gasteiger partial charge in [0.15, 0.2) is 0 Å². The Morgan fingerprint density at radius 1 is 1.18 bits per heavy atom. The van der Waals surface area contributed by atoms with E-state index in [4.69, 9.17) is 4.42 Å². The van der Waals surface area contributed by atoms with E-state index in [0.717, 1.165) is 29.5 Å². The lowest BCUT2D eigenvalue weighted by atomic mass is 9.95.